The first kappa shape index (κ1) is 12.0. The molecule has 0 atom stereocenters. The number of halogens is 1. The summed E-state index contributed by atoms with van der Waals surface area (Å²) in [5, 5.41) is 2.64. The summed E-state index contributed by atoms with van der Waals surface area (Å²) >= 11 is 0. The number of aryl methyl sites for hydroxylation is 1. The fourth-order valence-electron chi connectivity index (χ4n) is 1.59. The van der Waals surface area contributed by atoms with Gasteiger partial charge in [0, 0.05) is 11.3 Å². The Balaban J connectivity index is 2.19. The lowest BCUT2D eigenvalue weighted by molar-refractivity contribution is 0.102. The van der Waals surface area contributed by atoms with Gasteiger partial charge in [0.2, 0.25) is 5.95 Å². The summed E-state index contributed by atoms with van der Waals surface area (Å²) in [4.78, 5) is 15.4. The van der Waals surface area contributed by atoms with Crippen molar-refractivity contribution < 1.29 is 9.18 Å². The molecule has 0 aliphatic heterocycles. The molecule has 0 fully saturated rings. The van der Waals surface area contributed by atoms with Gasteiger partial charge in [-0.3, -0.25) is 4.79 Å². The van der Waals surface area contributed by atoms with E-state index < -0.39 is 5.95 Å². The number of aromatic nitrogens is 1. The Kier molecular flexibility index (Phi) is 3.23. The average molecular weight is 245 g/mol. The molecular formula is C13H12FN3O. The summed E-state index contributed by atoms with van der Waals surface area (Å²) in [5.41, 5.74) is 7.96. The van der Waals surface area contributed by atoms with Crippen LogP contribution in [0.3, 0.4) is 0 Å². The van der Waals surface area contributed by atoms with Crippen LogP contribution in [0.5, 0.6) is 0 Å². The first-order valence-corrected chi connectivity index (χ1v) is 5.35. The van der Waals surface area contributed by atoms with E-state index in [-0.39, 0.29) is 5.91 Å². The van der Waals surface area contributed by atoms with E-state index in [2.05, 4.69) is 10.3 Å². The zero-order valence-electron chi connectivity index (χ0n) is 9.77. The monoisotopic (exact) mass is 245 g/mol. The maximum atomic E-state index is 12.6. The van der Waals surface area contributed by atoms with Crippen molar-refractivity contribution in [2.24, 2.45) is 0 Å². The standard InChI is InChI=1S/C13H12FN3O/c1-8-6-9(15)2-4-11(8)13(18)17-10-3-5-12(14)16-7-10/h2-7H,15H2,1H3,(H,17,18). The summed E-state index contributed by atoms with van der Waals surface area (Å²) < 4.78 is 12.6. The Morgan fingerprint density at radius 1 is 1.33 bits per heavy atom. The molecule has 2 rings (SSSR count). The number of rotatable bonds is 2. The van der Waals surface area contributed by atoms with Crippen LogP contribution >= 0.6 is 0 Å². The lowest BCUT2D eigenvalue weighted by Crippen LogP contribution is -2.13. The van der Waals surface area contributed by atoms with Crippen molar-refractivity contribution in [1.29, 1.82) is 0 Å². The number of anilines is 2. The highest BCUT2D eigenvalue weighted by Crippen LogP contribution is 2.14. The molecule has 0 spiro atoms. The van der Waals surface area contributed by atoms with Crippen LogP contribution in [0.2, 0.25) is 0 Å². The molecule has 0 saturated heterocycles. The van der Waals surface area contributed by atoms with Crippen LogP contribution in [0.4, 0.5) is 15.8 Å². The molecule has 0 bridgehead atoms. The number of hydrogen-bond donors (Lipinski definition) is 2. The van der Waals surface area contributed by atoms with Gasteiger partial charge < -0.3 is 11.1 Å². The fourth-order valence-corrected chi connectivity index (χ4v) is 1.59. The molecule has 5 heteroatoms. The van der Waals surface area contributed by atoms with Crippen molar-refractivity contribution in [3.63, 3.8) is 0 Å². The fraction of sp³-hybridized carbons (Fsp3) is 0.0769. The number of carbonyl (C=O) groups is 1. The largest absolute Gasteiger partial charge is 0.399 e. The molecule has 1 heterocycles. The highest BCUT2D eigenvalue weighted by Gasteiger charge is 2.09. The number of nitrogen functional groups attached to an aromatic ring is 1. The maximum absolute atomic E-state index is 12.6. The first-order chi connectivity index (χ1) is 8.56. The molecule has 0 saturated carbocycles. The van der Waals surface area contributed by atoms with Crippen molar-refractivity contribution in [2.75, 3.05) is 11.1 Å². The average Bonchev–Trinajstić information content (AvgIpc) is 2.32. The lowest BCUT2D eigenvalue weighted by Gasteiger charge is -2.07. The Labute approximate surface area is 104 Å². The topological polar surface area (TPSA) is 68.0 Å². The van der Waals surface area contributed by atoms with Gasteiger partial charge >= 0.3 is 0 Å². The molecule has 18 heavy (non-hydrogen) atoms. The van der Waals surface area contributed by atoms with Gasteiger partial charge in [0.05, 0.1) is 11.9 Å². The van der Waals surface area contributed by atoms with Gasteiger partial charge in [-0.2, -0.15) is 4.39 Å². The Morgan fingerprint density at radius 3 is 2.72 bits per heavy atom. The smallest absolute Gasteiger partial charge is 0.255 e. The molecule has 0 aliphatic rings. The molecule has 92 valence electrons. The van der Waals surface area contributed by atoms with E-state index in [1.807, 2.05) is 0 Å². The Hall–Kier alpha value is -2.43. The zero-order valence-corrected chi connectivity index (χ0v) is 9.77. The second kappa shape index (κ2) is 4.83. The third-order valence-corrected chi connectivity index (χ3v) is 2.48. The minimum atomic E-state index is -0.586. The lowest BCUT2D eigenvalue weighted by atomic mass is 10.1. The highest BCUT2D eigenvalue weighted by molar-refractivity contribution is 6.05. The number of carbonyl (C=O) groups excluding carboxylic acids is 1. The quantitative estimate of drug-likeness (QED) is 0.630. The summed E-state index contributed by atoms with van der Waals surface area (Å²) in [6, 6.07) is 7.66. The molecule has 1 aromatic heterocycles. The molecule has 4 nitrogen and oxygen atoms in total. The molecule has 1 amide bonds. The van der Waals surface area contributed by atoms with Crippen molar-refractivity contribution in [2.45, 2.75) is 6.92 Å². The summed E-state index contributed by atoms with van der Waals surface area (Å²) in [5.74, 6) is -0.863. The van der Waals surface area contributed by atoms with E-state index in [0.717, 1.165) is 5.56 Å². The van der Waals surface area contributed by atoms with Crippen LogP contribution in [0, 0.1) is 12.9 Å². The Bertz CT molecular complexity index is 581. The predicted octanol–water partition coefficient (Wildman–Crippen LogP) is 2.36. The van der Waals surface area contributed by atoms with Crippen LogP contribution < -0.4 is 11.1 Å². The molecule has 0 aliphatic carbocycles. The van der Waals surface area contributed by atoms with Gasteiger partial charge in [-0.25, -0.2) is 4.98 Å². The Morgan fingerprint density at radius 2 is 2.11 bits per heavy atom. The van der Waals surface area contributed by atoms with Crippen LogP contribution in [0.1, 0.15) is 15.9 Å². The van der Waals surface area contributed by atoms with Crippen LogP contribution in [-0.4, -0.2) is 10.9 Å². The minimum absolute atomic E-state index is 0.277. The summed E-state index contributed by atoms with van der Waals surface area (Å²) in [6.07, 6.45) is 1.26. The van der Waals surface area contributed by atoms with E-state index in [9.17, 15) is 9.18 Å². The highest BCUT2D eigenvalue weighted by atomic mass is 19.1. The van der Waals surface area contributed by atoms with Crippen molar-refractivity contribution in [3.05, 3.63) is 53.6 Å². The van der Waals surface area contributed by atoms with E-state index in [1.165, 1.54) is 18.3 Å². The van der Waals surface area contributed by atoms with Gasteiger partial charge in [-0.15, -0.1) is 0 Å². The van der Waals surface area contributed by atoms with E-state index >= 15 is 0 Å². The second-order valence-electron chi connectivity index (χ2n) is 3.90. The van der Waals surface area contributed by atoms with Crippen LogP contribution in [0.15, 0.2) is 36.5 Å². The number of hydrogen-bond acceptors (Lipinski definition) is 3. The van der Waals surface area contributed by atoms with Crippen molar-refractivity contribution >= 4 is 17.3 Å². The molecule has 3 N–H and O–H groups in total. The number of pyridine rings is 1. The van der Waals surface area contributed by atoms with Crippen molar-refractivity contribution in [1.82, 2.24) is 4.98 Å². The maximum Gasteiger partial charge on any atom is 0.255 e. The van der Waals surface area contributed by atoms with E-state index in [1.54, 1.807) is 25.1 Å². The summed E-state index contributed by atoms with van der Waals surface area (Å²) in [6.45, 7) is 1.80. The van der Waals surface area contributed by atoms with Crippen LogP contribution in [-0.2, 0) is 0 Å². The van der Waals surface area contributed by atoms with Gasteiger partial charge in [0.1, 0.15) is 0 Å². The molecule has 0 radical (unpaired) electrons. The molecular weight excluding hydrogens is 233 g/mol. The third-order valence-electron chi connectivity index (χ3n) is 2.48. The zero-order chi connectivity index (χ0) is 13.1. The number of nitrogens with two attached hydrogens (primary N) is 1. The van der Waals surface area contributed by atoms with Gasteiger partial charge in [-0.05, 0) is 42.8 Å². The van der Waals surface area contributed by atoms with Crippen LogP contribution in [0.25, 0.3) is 0 Å². The molecule has 2 aromatic rings. The predicted molar refractivity (Wildman–Crippen MR) is 67.7 cm³/mol. The summed E-state index contributed by atoms with van der Waals surface area (Å²) in [7, 11) is 0. The SMILES string of the molecule is Cc1cc(N)ccc1C(=O)Nc1ccc(F)nc1. The normalized spacial score (nSPS) is 10.1. The van der Waals surface area contributed by atoms with Gasteiger partial charge in [-0.1, -0.05) is 0 Å². The van der Waals surface area contributed by atoms with E-state index in [4.69, 9.17) is 5.73 Å². The van der Waals surface area contributed by atoms with Crippen molar-refractivity contribution in [3.8, 4) is 0 Å². The number of benzene rings is 1. The first-order valence-electron chi connectivity index (χ1n) is 5.35. The number of amides is 1. The molecule has 0 unspecified atom stereocenters. The van der Waals surface area contributed by atoms with E-state index in [0.29, 0.717) is 16.9 Å². The van der Waals surface area contributed by atoms with Gasteiger partial charge in [0.15, 0.2) is 0 Å². The number of nitrogens with one attached hydrogen (secondary N) is 1. The van der Waals surface area contributed by atoms with Gasteiger partial charge in [0.25, 0.3) is 5.91 Å². The minimum Gasteiger partial charge on any atom is -0.399 e. The molecule has 1 aromatic carbocycles. The third kappa shape index (κ3) is 2.63. The number of nitrogens with zero attached hydrogens (tertiary/aromatic N) is 1. The second-order valence-corrected chi connectivity index (χ2v) is 3.90.